The van der Waals surface area contributed by atoms with E-state index in [1.165, 1.54) is 19.1 Å². The van der Waals surface area contributed by atoms with E-state index in [1.54, 1.807) is 24.3 Å². The van der Waals surface area contributed by atoms with E-state index in [1.807, 2.05) is 63.9 Å². The molecule has 0 saturated carbocycles. The molecule has 0 aliphatic carbocycles. The van der Waals surface area contributed by atoms with Crippen LogP contribution in [-0.4, -0.2) is 34.3 Å². The van der Waals surface area contributed by atoms with Crippen LogP contribution in [0.25, 0.3) is 0 Å². The second-order valence-electron chi connectivity index (χ2n) is 7.40. The number of carbonyl (C=O) groups excluding carboxylic acids is 3. The van der Waals surface area contributed by atoms with Crippen LogP contribution >= 0.6 is 65.4 Å². The first kappa shape index (κ1) is 33.2. The third-order valence-electron chi connectivity index (χ3n) is 4.48. The minimum absolute atomic E-state index is 0.0326. The van der Waals surface area contributed by atoms with Crippen molar-refractivity contribution in [3.8, 4) is 0 Å². The van der Waals surface area contributed by atoms with E-state index >= 15 is 0 Å². The predicted octanol–water partition coefficient (Wildman–Crippen LogP) is 7.21. The SMILES string of the molecule is CC(=O)N(O)c1ccc(I)cc1.CC(=O)N(OC(F)(F)F)c1ccc(I)cc1.CI1OC(=O)c2ccccc21. The number of hydrogen-bond acceptors (Lipinski definition) is 6. The first-order valence-electron chi connectivity index (χ1n) is 10.7. The van der Waals surface area contributed by atoms with Crippen molar-refractivity contribution < 1.29 is 40.7 Å². The molecule has 210 valence electrons. The minimum atomic E-state index is -4.89. The number of benzene rings is 3. The van der Waals surface area contributed by atoms with E-state index in [0.717, 1.165) is 23.2 Å². The van der Waals surface area contributed by atoms with Crippen molar-refractivity contribution in [2.24, 2.45) is 0 Å². The van der Waals surface area contributed by atoms with Gasteiger partial charge in [0.15, 0.2) is 0 Å². The summed E-state index contributed by atoms with van der Waals surface area (Å²) in [6.07, 6.45) is -4.89. The standard InChI is InChI=1S/C9H7F3INO2.C8H8INO2.C8H7IO2/c1-6(15)14(16-9(10,11)12)8-4-2-7(13)3-5-8;1-6(11)10(12)8-4-2-7(9)3-5-8;1-9-7-5-3-2-4-6(7)8(10)11-9/h2-5H,1H3;2-5,12H,1H3;2-5H,1H3. The summed E-state index contributed by atoms with van der Waals surface area (Å²) in [5.74, 6) is -1.37. The van der Waals surface area contributed by atoms with Crippen molar-refractivity contribution in [3.63, 3.8) is 0 Å². The van der Waals surface area contributed by atoms with Gasteiger partial charge in [-0.25, -0.2) is 0 Å². The molecule has 3 aromatic rings. The zero-order chi connectivity index (χ0) is 29.3. The first-order valence-corrected chi connectivity index (χ1v) is 17.0. The zero-order valence-electron chi connectivity index (χ0n) is 20.6. The summed E-state index contributed by atoms with van der Waals surface area (Å²) in [5.41, 5.74) is 1.30. The molecule has 4 rings (SSSR count). The average Bonchev–Trinajstić information content (AvgIpc) is 3.17. The molecular formula is C25H22F3I3N2O6. The van der Waals surface area contributed by atoms with Crippen molar-refractivity contribution in [2.75, 3.05) is 15.1 Å². The molecule has 0 radical (unpaired) electrons. The Morgan fingerprint density at radius 1 is 0.872 bits per heavy atom. The molecule has 1 N–H and O–H groups in total. The molecule has 1 aliphatic heterocycles. The maximum atomic E-state index is 12.0. The Kier molecular flexibility index (Phi) is 12.8. The van der Waals surface area contributed by atoms with Crippen LogP contribution in [0.5, 0.6) is 0 Å². The number of alkyl halides is 4. The second-order valence-corrected chi connectivity index (χ2v) is 13.9. The van der Waals surface area contributed by atoms with E-state index in [2.05, 4.69) is 27.4 Å². The van der Waals surface area contributed by atoms with Crippen molar-refractivity contribution >= 4 is 94.6 Å². The van der Waals surface area contributed by atoms with Crippen LogP contribution in [0.15, 0.2) is 72.8 Å². The summed E-state index contributed by atoms with van der Waals surface area (Å²) >= 11 is 2.63. The molecular weight excluding hydrogens is 862 g/mol. The molecule has 1 aliphatic rings. The maximum absolute atomic E-state index is 12.0. The van der Waals surface area contributed by atoms with Crippen LogP contribution in [0.1, 0.15) is 24.2 Å². The van der Waals surface area contributed by atoms with Crippen molar-refractivity contribution in [3.05, 3.63) is 89.1 Å². The number of rotatable bonds is 3. The van der Waals surface area contributed by atoms with E-state index in [-0.39, 0.29) is 16.7 Å². The summed E-state index contributed by atoms with van der Waals surface area (Å²) in [7, 11) is 0. The molecule has 39 heavy (non-hydrogen) atoms. The number of amides is 2. The summed E-state index contributed by atoms with van der Waals surface area (Å²) in [4.78, 5) is 38.4. The molecule has 14 heteroatoms. The third-order valence-corrected chi connectivity index (χ3v) is 9.55. The number of anilines is 2. The Labute approximate surface area is 257 Å². The molecule has 0 bridgehead atoms. The van der Waals surface area contributed by atoms with E-state index in [4.69, 9.17) is 3.07 Å². The van der Waals surface area contributed by atoms with Crippen LogP contribution in [0.2, 0.25) is 0 Å². The Morgan fingerprint density at radius 3 is 1.79 bits per heavy atom. The van der Waals surface area contributed by atoms with Crippen LogP contribution in [0.3, 0.4) is 0 Å². The number of hydroxylamine groups is 2. The summed E-state index contributed by atoms with van der Waals surface area (Å²) in [6.45, 7) is 2.29. The summed E-state index contributed by atoms with van der Waals surface area (Å²) in [5, 5.41) is 10.00. The van der Waals surface area contributed by atoms with Crippen LogP contribution in [0, 0.1) is 10.7 Å². The zero-order valence-corrected chi connectivity index (χ0v) is 27.1. The van der Waals surface area contributed by atoms with Gasteiger partial charge < -0.3 is 0 Å². The van der Waals surface area contributed by atoms with Gasteiger partial charge in [0.2, 0.25) is 11.8 Å². The summed E-state index contributed by atoms with van der Waals surface area (Å²) in [6, 6.07) is 20.5. The van der Waals surface area contributed by atoms with Crippen molar-refractivity contribution in [1.29, 1.82) is 0 Å². The van der Waals surface area contributed by atoms with Gasteiger partial charge in [0.25, 0.3) is 0 Å². The van der Waals surface area contributed by atoms with Crippen molar-refractivity contribution in [2.45, 2.75) is 20.2 Å². The molecule has 8 nitrogen and oxygen atoms in total. The van der Waals surface area contributed by atoms with Crippen LogP contribution < -0.4 is 10.1 Å². The Bertz CT molecular complexity index is 1290. The average molecular weight is 884 g/mol. The van der Waals surface area contributed by atoms with E-state index in [0.29, 0.717) is 10.8 Å². The fourth-order valence-corrected chi connectivity index (χ4v) is 6.52. The van der Waals surface area contributed by atoms with Gasteiger partial charge in [0.05, 0.1) is 11.4 Å². The third kappa shape index (κ3) is 10.8. The molecule has 0 atom stereocenters. The molecule has 0 saturated heterocycles. The monoisotopic (exact) mass is 884 g/mol. The molecule has 0 aromatic heterocycles. The van der Waals surface area contributed by atoms with E-state index in [9.17, 15) is 32.8 Å². The molecule has 0 fully saturated rings. The predicted molar refractivity (Wildman–Crippen MR) is 164 cm³/mol. The number of halogens is 6. The first-order chi connectivity index (χ1) is 18.2. The van der Waals surface area contributed by atoms with Gasteiger partial charge in [0, 0.05) is 21.0 Å². The van der Waals surface area contributed by atoms with Crippen molar-refractivity contribution in [1.82, 2.24) is 0 Å². The molecule has 0 spiro atoms. The quantitative estimate of drug-likeness (QED) is 0.130. The van der Waals surface area contributed by atoms with Gasteiger partial charge in [-0.3, -0.25) is 14.8 Å². The van der Waals surface area contributed by atoms with Gasteiger partial charge in [-0.1, -0.05) is 0 Å². The number of fused-ring (bicyclic) bond motifs is 1. The van der Waals surface area contributed by atoms with Crippen LogP contribution in [-0.2, 0) is 17.5 Å². The van der Waals surface area contributed by atoms with Gasteiger partial charge >= 0.3 is 78.8 Å². The fourth-order valence-electron chi connectivity index (χ4n) is 2.79. The second kappa shape index (κ2) is 15.1. The van der Waals surface area contributed by atoms with Crippen LogP contribution in [0.4, 0.5) is 24.5 Å². The number of nitrogens with zero attached hydrogens (tertiary/aromatic N) is 2. The van der Waals surface area contributed by atoms with Gasteiger partial charge in [-0.2, -0.15) is 15.0 Å². The number of hydrogen-bond donors (Lipinski definition) is 1. The molecule has 0 unspecified atom stereocenters. The topological polar surface area (TPSA) is 96.4 Å². The van der Waals surface area contributed by atoms with E-state index < -0.39 is 38.4 Å². The fraction of sp³-hybridized carbons (Fsp3) is 0.160. The molecule has 3 aromatic carbocycles. The van der Waals surface area contributed by atoms with Gasteiger partial charge in [-0.05, 0) is 93.7 Å². The van der Waals surface area contributed by atoms with Gasteiger partial charge in [0.1, 0.15) is 0 Å². The molecule has 2 amide bonds. The molecule has 1 heterocycles. The number of carbonyl (C=O) groups is 3. The normalized spacial score (nSPS) is 12.6. The van der Waals surface area contributed by atoms with Gasteiger partial charge in [-0.15, -0.1) is 13.2 Å². The summed E-state index contributed by atoms with van der Waals surface area (Å²) < 4.78 is 44.3. The Hall–Kier alpha value is -2.03. The Balaban J connectivity index is 0.000000209. The Morgan fingerprint density at radius 2 is 1.36 bits per heavy atom.